The van der Waals surface area contributed by atoms with E-state index in [1.54, 1.807) is 0 Å². The van der Waals surface area contributed by atoms with Crippen LogP contribution in [0.25, 0.3) is 5.73 Å². The topological polar surface area (TPSA) is 137 Å². The van der Waals surface area contributed by atoms with Crippen LogP contribution in [0, 0.1) is 0 Å². The summed E-state index contributed by atoms with van der Waals surface area (Å²) >= 11 is 0. The Morgan fingerprint density at radius 3 is 2.70 bits per heavy atom. The molecule has 0 amide bonds. The number of amidine groups is 1. The molecule has 148 valence electrons. The van der Waals surface area contributed by atoms with Crippen molar-refractivity contribution in [3.05, 3.63) is 47.2 Å². The molecule has 0 spiro atoms. The lowest BCUT2D eigenvalue weighted by molar-refractivity contribution is 0.00501. The summed E-state index contributed by atoms with van der Waals surface area (Å²) in [5.74, 6) is -1.86. The molecule has 1 aromatic rings. The van der Waals surface area contributed by atoms with Crippen molar-refractivity contribution in [2.45, 2.75) is 30.8 Å². The lowest BCUT2D eigenvalue weighted by Crippen LogP contribution is -2.50. The highest BCUT2D eigenvalue weighted by Gasteiger charge is 2.48. The van der Waals surface area contributed by atoms with Gasteiger partial charge in [-0.2, -0.15) is 5.10 Å². The van der Waals surface area contributed by atoms with Crippen LogP contribution in [0.2, 0.25) is 0 Å². The van der Waals surface area contributed by atoms with E-state index in [9.17, 15) is 18.0 Å². The molecule has 0 bridgehead atoms. The van der Waals surface area contributed by atoms with Gasteiger partial charge in [-0.05, 0) is 18.6 Å². The van der Waals surface area contributed by atoms with Crippen molar-refractivity contribution >= 4 is 11.8 Å². The number of carboxylic acids is 1. The Kier molecular flexibility index (Phi) is 6.06. The second-order valence-electron chi connectivity index (χ2n) is 6.35. The minimum absolute atomic E-state index is 0.0443. The minimum Gasteiger partial charge on any atom is -0.669 e. The van der Waals surface area contributed by atoms with E-state index < -0.39 is 35.9 Å². The number of rotatable bonds is 3. The zero-order valence-electron chi connectivity index (χ0n) is 14.4. The predicted molar refractivity (Wildman–Crippen MR) is 91.3 cm³/mol. The molecule has 0 saturated carbocycles. The summed E-state index contributed by atoms with van der Waals surface area (Å²) in [6.45, 7) is 1.04. The van der Waals surface area contributed by atoms with Crippen LogP contribution in [0.3, 0.4) is 0 Å². The van der Waals surface area contributed by atoms with Gasteiger partial charge in [0.25, 0.3) is 6.43 Å². The lowest BCUT2D eigenvalue weighted by Gasteiger charge is -2.42. The third kappa shape index (κ3) is 4.74. The van der Waals surface area contributed by atoms with Gasteiger partial charge >= 0.3 is 5.97 Å². The number of hydrogen-bond acceptors (Lipinski definition) is 5. The molecule has 5 N–H and O–H groups in total. The van der Waals surface area contributed by atoms with E-state index in [2.05, 4.69) is 15.2 Å². The maximum absolute atomic E-state index is 13.9. The number of aromatic nitrogens is 2. The molecule has 27 heavy (non-hydrogen) atoms. The number of alkyl halides is 2. The van der Waals surface area contributed by atoms with E-state index in [4.69, 9.17) is 21.3 Å². The number of allylic oxidation sites excluding steroid dienone is 2. The van der Waals surface area contributed by atoms with E-state index >= 15 is 0 Å². The summed E-state index contributed by atoms with van der Waals surface area (Å²) in [7, 11) is 0. The molecule has 11 heteroatoms. The number of nitrogens with one attached hydrogen (secondary N) is 2. The number of aliphatic imine (C=N–C) groups is 1. The van der Waals surface area contributed by atoms with Gasteiger partial charge in [0.2, 0.25) is 0 Å². The molecule has 0 aromatic carbocycles. The van der Waals surface area contributed by atoms with Crippen molar-refractivity contribution in [1.82, 2.24) is 10.2 Å². The van der Waals surface area contributed by atoms with Gasteiger partial charge in [0.15, 0.2) is 5.54 Å². The fourth-order valence-electron chi connectivity index (χ4n) is 2.63. The number of H-pyrrole nitrogens is 1. The molecule has 2 aliphatic rings. The van der Waals surface area contributed by atoms with E-state index in [1.165, 1.54) is 25.3 Å². The molecule has 3 rings (SSSR count). The van der Waals surface area contributed by atoms with Gasteiger partial charge in [-0.25, -0.2) is 18.0 Å². The van der Waals surface area contributed by atoms with Crippen LogP contribution >= 0.6 is 0 Å². The average Bonchev–Trinajstić information content (AvgIpc) is 3.12. The molecule has 0 radical (unpaired) electrons. The first-order chi connectivity index (χ1) is 12.6. The zero-order chi connectivity index (χ0) is 20.2. The van der Waals surface area contributed by atoms with E-state index in [-0.39, 0.29) is 30.1 Å². The smallest absolute Gasteiger partial charge is 0.353 e. The van der Waals surface area contributed by atoms with Crippen molar-refractivity contribution in [1.29, 1.82) is 0 Å². The SMILES string of the molecule is CC1([NH-])C=CC(F)=C([C@]2(C(F)F)COCC(N)=N2)C1.O=C(O)c1ccn[nH]1. The Hall–Kier alpha value is -2.66. The number of carbonyl (C=O) groups is 1. The van der Waals surface area contributed by atoms with Crippen molar-refractivity contribution < 1.29 is 27.8 Å². The monoisotopic (exact) mass is 386 g/mol. The summed E-state index contributed by atoms with van der Waals surface area (Å²) < 4.78 is 45.8. The van der Waals surface area contributed by atoms with Crippen molar-refractivity contribution in [2.75, 3.05) is 13.2 Å². The van der Waals surface area contributed by atoms with Crippen LogP contribution in [-0.4, -0.2) is 57.8 Å². The Bertz CT molecular complexity index is 774. The number of hydrogen-bond donors (Lipinski definition) is 3. The number of aromatic carboxylic acids is 1. The van der Waals surface area contributed by atoms with Crippen LogP contribution in [-0.2, 0) is 4.74 Å². The first kappa shape index (κ1) is 20.6. The van der Waals surface area contributed by atoms with Gasteiger partial charge in [-0.3, -0.25) is 10.1 Å². The van der Waals surface area contributed by atoms with Crippen molar-refractivity contribution in [3.63, 3.8) is 0 Å². The summed E-state index contributed by atoms with van der Waals surface area (Å²) in [6, 6.07) is 1.39. The second kappa shape index (κ2) is 7.92. The Morgan fingerprint density at radius 2 is 2.22 bits per heavy atom. The van der Waals surface area contributed by atoms with Crippen molar-refractivity contribution in [3.8, 4) is 0 Å². The molecule has 8 nitrogen and oxygen atoms in total. The highest BCUT2D eigenvalue weighted by molar-refractivity contribution is 5.85. The van der Waals surface area contributed by atoms with Crippen LogP contribution in [0.15, 0.2) is 40.8 Å². The molecule has 1 unspecified atom stereocenters. The molecular weight excluding hydrogens is 367 g/mol. The molecule has 0 fully saturated rings. The summed E-state index contributed by atoms with van der Waals surface area (Å²) in [5, 5.41) is 13.9. The first-order valence-electron chi connectivity index (χ1n) is 7.83. The largest absolute Gasteiger partial charge is 0.669 e. The Balaban J connectivity index is 0.000000273. The summed E-state index contributed by atoms with van der Waals surface area (Å²) in [5.41, 5.74) is 9.98. The van der Waals surface area contributed by atoms with Gasteiger partial charge in [-0.1, -0.05) is 13.0 Å². The summed E-state index contributed by atoms with van der Waals surface area (Å²) in [6.07, 6.45) is 0.649. The van der Waals surface area contributed by atoms with E-state index in [0.29, 0.717) is 0 Å². The van der Waals surface area contributed by atoms with Crippen LogP contribution in [0.5, 0.6) is 0 Å². The molecule has 2 heterocycles. The maximum Gasteiger partial charge on any atom is 0.353 e. The number of halogens is 3. The fraction of sp³-hybridized carbons (Fsp3) is 0.438. The maximum atomic E-state index is 13.9. The number of nitrogens with zero attached hydrogens (tertiary/aromatic N) is 2. The van der Waals surface area contributed by atoms with Gasteiger partial charge in [0, 0.05) is 11.8 Å². The van der Waals surface area contributed by atoms with Gasteiger partial charge in [-0.15, -0.1) is 5.54 Å². The highest BCUT2D eigenvalue weighted by atomic mass is 19.3. The van der Waals surface area contributed by atoms with Gasteiger partial charge in [0.1, 0.15) is 24.0 Å². The average molecular weight is 386 g/mol. The molecule has 1 aliphatic heterocycles. The number of ether oxygens (including phenoxy) is 1. The van der Waals surface area contributed by atoms with Crippen LogP contribution in [0.4, 0.5) is 13.2 Å². The van der Waals surface area contributed by atoms with E-state index in [0.717, 1.165) is 6.08 Å². The summed E-state index contributed by atoms with van der Waals surface area (Å²) in [4.78, 5) is 13.7. The first-order valence-corrected chi connectivity index (χ1v) is 7.83. The number of nitrogens with two attached hydrogens (primary N) is 1. The Labute approximate surface area is 152 Å². The second-order valence-corrected chi connectivity index (χ2v) is 6.35. The molecule has 1 aromatic heterocycles. The molecule has 0 saturated heterocycles. The molecule has 2 atom stereocenters. The predicted octanol–water partition coefficient (Wildman–Crippen LogP) is 2.48. The number of carboxylic acid groups (broad SMARTS) is 1. The standard InChI is InChI=1S/C12H15F3N3O.C4H4N2O2/c1-11(17)3-2-8(13)7(4-11)12(10(14)15)6-19-5-9(16)18-12;7-4(8)3-1-2-5-6-3/h2-3,10,17H,4-6H2,1H3,(H2,16,18);1-2H,(H,5,6)(H,7,8)/q-1;/t11?,12-;/m0./s1. The third-order valence-corrected chi connectivity index (χ3v) is 3.96. The van der Waals surface area contributed by atoms with E-state index in [1.807, 2.05) is 0 Å². The van der Waals surface area contributed by atoms with Crippen LogP contribution < -0.4 is 5.73 Å². The molecule has 1 aliphatic carbocycles. The fourth-order valence-corrected chi connectivity index (χ4v) is 2.63. The zero-order valence-corrected chi connectivity index (χ0v) is 14.4. The highest BCUT2D eigenvalue weighted by Crippen LogP contribution is 2.42. The Morgan fingerprint density at radius 1 is 1.52 bits per heavy atom. The van der Waals surface area contributed by atoms with Gasteiger partial charge in [0.05, 0.1) is 6.61 Å². The number of aromatic amines is 1. The third-order valence-electron chi connectivity index (χ3n) is 3.96. The quantitative estimate of drug-likeness (QED) is 0.733. The lowest BCUT2D eigenvalue weighted by atomic mass is 9.78. The minimum atomic E-state index is -2.95. The van der Waals surface area contributed by atoms with Gasteiger partial charge < -0.3 is 21.3 Å². The normalized spacial score (nSPS) is 27.9. The van der Waals surface area contributed by atoms with Crippen LogP contribution in [0.1, 0.15) is 23.8 Å². The van der Waals surface area contributed by atoms with Crippen molar-refractivity contribution in [2.24, 2.45) is 10.7 Å². The molecular formula is C16H19F3N5O3-.